The van der Waals surface area contributed by atoms with E-state index in [4.69, 9.17) is 0 Å². The van der Waals surface area contributed by atoms with Crippen molar-refractivity contribution in [3.05, 3.63) is 52.0 Å². The summed E-state index contributed by atoms with van der Waals surface area (Å²) in [7, 11) is 0. The predicted molar refractivity (Wildman–Crippen MR) is 98.4 cm³/mol. The zero-order valence-corrected chi connectivity index (χ0v) is 15.2. The Hall–Kier alpha value is -2.91. The number of aromatic nitrogens is 2. The molecule has 1 aliphatic rings. The number of nitro benzene ring substituents is 1. The highest BCUT2D eigenvalue weighted by molar-refractivity contribution is 5.58. The molecule has 150 valence electrons. The SMILES string of the molecule is CCc1cc(N2CCC(Nc3ccc([N+](=O)[O-])cc3C(F)(F)F)CC2)ncn1. The standard InChI is InChI=1S/C18H20F3N5O2/c1-2-12-9-17(23-11-22-12)25-7-5-13(6-8-25)24-16-4-3-14(26(27)28)10-15(16)18(19,20)21/h3-4,9-11,13,24H,2,5-8H2,1H3. The number of aryl methyl sites for hydroxylation is 1. The van der Waals surface area contributed by atoms with Gasteiger partial charge < -0.3 is 10.2 Å². The monoisotopic (exact) mass is 395 g/mol. The van der Waals surface area contributed by atoms with Crippen LogP contribution >= 0.6 is 0 Å². The van der Waals surface area contributed by atoms with Crippen LogP contribution < -0.4 is 10.2 Å². The zero-order chi connectivity index (χ0) is 20.3. The Bertz CT molecular complexity index is 851. The summed E-state index contributed by atoms with van der Waals surface area (Å²) in [5.74, 6) is 0.816. The van der Waals surface area contributed by atoms with Crippen LogP contribution in [0.3, 0.4) is 0 Å². The summed E-state index contributed by atoms with van der Waals surface area (Å²) in [6, 6.07) is 4.55. The van der Waals surface area contributed by atoms with Crippen molar-refractivity contribution in [3.8, 4) is 0 Å². The minimum atomic E-state index is -4.67. The molecule has 28 heavy (non-hydrogen) atoms. The van der Waals surface area contributed by atoms with Crippen LogP contribution in [-0.4, -0.2) is 34.0 Å². The first-order valence-electron chi connectivity index (χ1n) is 8.96. The molecule has 0 bridgehead atoms. The molecule has 1 aliphatic heterocycles. The van der Waals surface area contributed by atoms with Gasteiger partial charge in [0.1, 0.15) is 12.1 Å². The van der Waals surface area contributed by atoms with Crippen molar-refractivity contribution in [1.29, 1.82) is 0 Å². The van der Waals surface area contributed by atoms with Gasteiger partial charge in [0.2, 0.25) is 0 Å². The van der Waals surface area contributed by atoms with Crippen molar-refractivity contribution in [2.24, 2.45) is 0 Å². The molecule has 1 aromatic heterocycles. The first-order chi connectivity index (χ1) is 13.3. The molecule has 0 aliphatic carbocycles. The van der Waals surface area contributed by atoms with Crippen molar-refractivity contribution in [2.45, 2.75) is 38.4 Å². The fourth-order valence-corrected chi connectivity index (χ4v) is 3.23. The first-order valence-corrected chi connectivity index (χ1v) is 8.96. The third-order valence-corrected chi connectivity index (χ3v) is 4.77. The maximum atomic E-state index is 13.3. The highest BCUT2D eigenvalue weighted by Crippen LogP contribution is 2.37. The topological polar surface area (TPSA) is 84.2 Å². The van der Waals surface area contributed by atoms with Gasteiger partial charge in [0.05, 0.1) is 10.5 Å². The van der Waals surface area contributed by atoms with E-state index in [9.17, 15) is 23.3 Å². The number of piperidine rings is 1. The maximum Gasteiger partial charge on any atom is 0.418 e. The van der Waals surface area contributed by atoms with E-state index in [1.807, 2.05) is 13.0 Å². The first kappa shape index (κ1) is 19.8. The van der Waals surface area contributed by atoms with Crippen LogP contribution in [0.25, 0.3) is 0 Å². The second-order valence-electron chi connectivity index (χ2n) is 6.61. The van der Waals surface area contributed by atoms with Gasteiger partial charge in [0.15, 0.2) is 0 Å². The van der Waals surface area contributed by atoms with Gasteiger partial charge >= 0.3 is 6.18 Å². The van der Waals surface area contributed by atoms with E-state index in [0.29, 0.717) is 32.0 Å². The van der Waals surface area contributed by atoms with Crippen molar-refractivity contribution >= 4 is 17.2 Å². The summed E-state index contributed by atoms with van der Waals surface area (Å²) in [6.07, 6.45) is -1.11. The number of hydrogen-bond donors (Lipinski definition) is 1. The summed E-state index contributed by atoms with van der Waals surface area (Å²) in [6.45, 7) is 3.29. The van der Waals surface area contributed by atoms with Gasteiger partial charge in [-0.25, -0.2) is 9.97 Å². The molecule has 0 atom stereocenters. The zero-order valence-electron chi connectivity index (χ0n) is 15.2. The Morgan fingerprint density at radius 1 is 1.25 bits per heavy atom. The second kappa shape index (κ2) is 7.99. The van der Waals surface area contributed by atoms with Gasteiger partial charge in [-0.3, -0.25) is 10.1 Å². The summed E-state index contributed by atoms with van der Waals surface area (Å²) < 4.78 is 39.9. The highest BCUT2D eigenvalue weighted by atomic mass is 19.4. The minimum Gasteiger partial charge on any atom is -0.382 e. The highest BCUT2D eigenvalue weighted by Gasteiger charge is 2.36. The lowest BCUT2D eigenvalue weighted by Crippen LogP contribution is -2.39. The van der Waals surface area contributed by atoms with E-state index >= 15 is 0 Å². The number of non-ortho nitro benzene ring substituents is 1. The van der Waals surface area contributed by atoms with Crippen LogP contribution in [0.5, 0.6) is 0 Å². The molecule has 0 saturated carbocycles. The van der Waals surface area contributed by atoms with Gasteiger partial charge in [-0.05, 0) is 25.3 Å². The van der Waals surface area contributed by atoms with Crippen LogP contribution in [-0.2, 0) is 12.6 Å². The van der Waals surface area contributed by atoms with Gasteiger partial charge in [-0.15, -0.1) is 0 Å². The quantitative estimate of drug-likeness (QED) is 0.607. The number of rotatable bonds is 5. The van der Waals surface area contributed by atoms with Gasteiger partial charge in [0.25, 0.3) is 5.69 Å². The van der Waals surface area contributed by atoms with E-state index in [2.05, 4.69) is 20.2 Å². The largest absolute Gasteiger partial charge is 0.418 e. The molecule has 2 heterocycles. The average Bonchev–Trinajstić information content (AvgIpc) is 2.68. The number of nitrogens with one attached hydrogen (secondary N) is 1. The lowest BCUT2D eigenvalue weighted by molar-refractivity contribution is -0.385. The Kier molecular flexibility index (Phi) is 5.66. The van der Waals surface area contributed by atoms with Crippen molar-refractivity contribution in [1.82, 2.24) is 9.97 Å². The summed E-state index contributed by atoms with van der Waals surface area (Å²) in [4.78, 5) is 20.5. The van der Waals surface area contributed by atoms with E-state index < -0.39 is 22.4 Å². The lowest BCUT2D eigenvalue weighted by Gasteiger charge is -2.34. The minimum absolute atomic E-state index is 0.133. The molecule has 1 saturated heterocycles. The fraction of sp³-hybridized carbons (Fsp3) is 0.444. The predicted octanol–water partition coefficient (Wildman–Crippen LogP) is 4.05. The van der Waals surface area contributed by atoms with E-state index in [-0.39, 0.29) is 11.7 Å². The maximum absolute atomic E-state index is 13.3. The Morgan fingerprint density at radius 2 is 1.96 bits per heavy atom. The molecular formula is C18H20F3N5O2. The Balaban J connectivity index is 1.70. The van der Waals surface area contributed by atoms with E-state index in [1.54, 1.807) is 0 Å². The van der Waals surface area contributed by atoms with Crippen molar-refractivity contribution < 1.29 is 18.1 Å². The van der Waals surface area contributed by atoms with E-state index in [1.165, 1.54) is 6.33 Å². The van der Waals surface area contributed by atoms with Gasteiger partial charge in [0, 0.05) is 48.7 Å². The van der Waals surface area contributed by atoms with Gasteiger partial charge in [-0.2, -0.15) is 13.2 Å². The fourth-order valence-electron chi connectivity index (χ4n) is 3.23. The summed E-state index contributed by atoms with van der Waals surface area (Å²) >= 11 is 0. The third kappa shape index (κ3) is 4.49. The average molecular weight is 395 g/mol. The molecular weight excluding hydrogens is 375 g/mol. The summed E-state index contributed by atoms with van der Waals surface area (Å²) in [5, 5.41) is 13.7. The molecule has 1 aromatic carbocycles. The Morgan fingerprint density at radius 3 is 2.57 bits per heavy atom. The number of anilines is 2. The molecule has 0 spiro atoms. The molecule has 10 heteroatoms. The molecule has 0 amide bonds. The van der Waals surface area contributed by atoms with Crippen LogP contribution in [0, 0.1) is 10.1 Å². The van der Waals surface area contributed by atoms with Crippen LogP contribution in [0.4, 0.5) is 30.4 Å². The number of nitrogens with zero attached hydrogens (tertiary/aromatic N) is 4. The van der Waals surface area contributed by atoms with Gasteiger partial charge in [-0.1, -0.05) is 6.92 Å². The molecule has 2 aromatic rings. The number of nitro groups is 1. The lowest BCUT2D eigenvalue weighted by atomic mass is 10.0. The van der Waals surface area contributed by atoms with Crippen molar-refractivity contribution in [3.63, 3.8) is 0 Å². The molecule has 0 radical (unpaired) electrons. The number of halogens is 3. The Labute approximate surface area is 159 Å². The van der Waals surface area contributed by atoms with E-state index in [0.717, 1.165) is 30.1 Å². The molecule has 1 fully saturated rings. The molecule has 0 unspecified atom stereocenters. The molecule has 1 N–H and O–H groups in total. The second-order valence-corrected chi connectivity index (χ2v) is 6.61. The van der Waals surface area contributed by atoms with Crippen LogP contribution in [0.15, 0.2) is 30.6 Å². The smallest absolute Gasteiger partial charge is 0.382 e. The number of hydrogen-bond acceptors (Lipinski definition) is 6. The van der Waals surface area contributed by atoms with Crippen molar-refractivity contribution in [2.75, 3.05) is 23.3 Å². The number of alkyl halides is 3. The third-order valence-electron chi connectivity index (χ3n) is 4.77. The number of benzene rings is 1. The molecule has 7 nitrogen and oxygen atoms in total. The summed E-state index contributed by atoms with van der Waals surface area (Å²) in [5.41, 5.74) is -0.798. The van der Waals surface area contributed by atoms with Crippen LogP contribution in [0.2, 0.25) is 0 Å². The molecule has 3 rings (SSSR count). The normalized spacial score (nSPS) is 15.5. The van der Waals surface area contributed by atoms with Crippen LogP contribution in [0.1, 0.15) is 31.0 Å².